The number of nitro benzene ring substituents is 1. The molecule has 0 saturated carbocycles. The van der Waals surface area contributed by atoms with Crippen LogP contribution < -0.4 is 16.4 Å². The summed E-state index contributed by atoms with van der Waals surface area (Å²) < 4.78 is 4.45. The van der Waals surface area contributed by atoms with Crippen LogP contribution in [0.3, 0.4) is 0 Å². The third-order valence-corrected chi connectivity index (χ3v) is 2.45. The first kappa shape index (κ1) is 16.2. The van der Waals surface area contributed by atoms with Gasteiger partial charge in [0.15, 0.2) is 0 Å². The number of ether oxygens (including phenoxy) is 1. The molecule has 0 saturated heterocycles. The molecule has 0 aliphatic rings. The van der Waals surface area contributed by atoms with Crippen LogP contribution in [-0.4, -0.2) is 36.6 Å². The van der Waals surface area contributed by atoms with Crippen LogP contribution in [0, 0.1) is 10.1 Å². The molecule has 0 aliphatic carbocycles. The van der Waals surface area contributed by atoms with Crippen LogP contribution in [0.25, 0.3) is 0 Å². The fourth-order valence-electron chi connectivity index (χ4n) is 1.60. The highest BCUT2D eigenvalue weighted by atomic mass is 16.6. The van der Waals surface area contributed by atoms with E-state index in [1.54, 1.807) is 0 Å². The number of benzene rings is 1. The Hall–Kier alpha value is -2.84. The predicted octanol–water partition coefficient (Wildman–Crippen LogP) is 0.852. The number of nitrogens with two attached hydrogens (primary N) is 1. The molecule has 114 valence electrons. The highest BCUT2D eigenvalue weighted by Gasteiger charge is 2.20. The minimum Gasteiger partial charge on any atom is -0.448 e. The van der Waals surface area contributed by atoms with Gasteiger partial charge in [-0.25, -0.2) is 4.79 Å². The molecule has 0 spiro atoms. The van der Waals surface area contributed by atoms with E-state index in [1.807, 2.05) is 6.92 Å². The summed E-state index contributed by atoms with van der Waals surface area (Å²) in [4.78, 5) is 32.6. The maximum absolute atomic E-state index is 12.0. The Morgan fingerprint density at radius 2 is 2.14 bits per heavy atom. The van der Waals surface area contributed by atoms with E-state index < -0.39 is 16.9 Å². The number of primary amides is 1. The van der Waals surface area contributed by atoms with Crippen LogP contribution in [0.5, 0.6) is 0 Å². The van der Waals surface area contributed by atoms with E-state index in [-0.39, 0.29) is 24.4 Å². The minimum atomic E-state index is -0.954. The lowest BCUT2D eigenvalue weighted by molar-refractivity contribution is -0.385. The minimum absolute atomic E-state index is 0.00433. The Bertz CT molecular complexity index is 546. The van der Waals surface area contributed by atoms with E-state index in [1.165, 1.54) is 18.2 Å². The Morgan fingerprint density at radius 3 is 2.71 bits per heavy atom. The molecule has 9 heteroatoms. The molecule has 4 N–H and O–H groups in total. The molecule has 0 fully saturated rings. The molecule has 9 nitrogen and oxygen atoms in total. The topological polar surface area (TPSA) is 137 Å². The highest BCUT2D eigenvalue weighted by Crippen LogP contribution is 2.22. The molecule has 0 aliphatic heterocycles. The average molecular weight is 296 g/mol. The second-order valence-corrected chi connectivity index (χ2v) is 3.94. The number of nitrogens with one attached hydrogen (secondary N) is 2. The van der Waals surface area contributed by atoms with Gasteiger partial charge < -0.3 is 21.1 Å². The lowest BCUT2D eigenvalue weighted by Gasteiger charge is -2.08. The molecule has 21 heavy (non-hydrogen) atoms. The van der Waals surface area contributed by atoms with Gasteiger partial charge >= 0.3 is 6.09 Å². The number of anilines is 1. The summed E-state index contributed by atoms with van der Waals surface area (Å²) in [5, 5.41) is 16.3. The molecule has 0 atom stereocenters. The summed E-state index contributed by atoms with van der Waals surface area (Å²) in [6, 6.07) is 4.17. The standard InChI is InChI=1S/C12H16N4O5/c1-2-14-8-3-4-10(16(19)20)9(7-8)11(17)15-5-6-21-12(13)18/h3-4,7,14H,2,5-6H2,1H3,(H2,13,18)(H,15,17). The van der Waals surface area contributed by atoms with Crippen molar-refractivity contribution in [2.24, 2.45) is 5.73 Å². The van der Waals surface area contributed by atoms with Gasteiger partial charge in [-0.2, -0.15) is 0 Å². The van der Waals surface area contributed by atoms with Gasteiger partial charge in [0.1, 0.15) is 12.2 Å². The van der Waals surface area contributed by atoms with Gasteiger partial charge in [0, 0.05) is 18.3 Å². The van der Waals surface area contributed by atoms with E-state index in [4.69, 9.17) is 5.73 Å². The number of nitrogens with zero attached hydrogens (tertiary/aromatic N) is 1. The van der Waals surface area contributed by atoms with Crippen molar-refractivity contribution >= 4 is 23.4 Å². The van der Waals surface area contributed by atoms with E-state index >= 15 is 0 Å². The first-order valence-electron chi connectivity index (χ1n) is 6.18. The molecule has 0 radical (unpaired) electrons. The molecule has 1 aromatic carbocycles. The van der Waals surface area contributed by atoms with E-state index in [0.717, 1.165) is 0 Å². The molecular weight excluding hydrogens is 280 g/mol. The second-order valence-electron chi connectivity index (χ2n) is 3.94. The molecule has 0 heterocycles. The average Bonchev–Trinajstić information content (AvgIpc) is 2.43. The Kier molecular flexibility index (Phi) is 5.93. The third-order valence-electron chi connectivity index (χ3n) is 2.45. The quantitative estimate of drug-likeness (QED) is 0.387. The maximum atomic E-state index is 12.0. The number of hydrogen-bond donors (Lipinski definition) is 3. The SMILES string of the molecule is CCNc1ccc([N+](=O)[O-])c(C(=O)NCCOC(N)=O)c1. The smallest absolute Gasteiger partial charge is 0.404 e. The first-order valence-corrected chi connectivity index (χ1v) is 6.18. The predicted molar refractivity (Wildman–Crippen MR) is 75.1 cm³/mol. The molecule has 0 bridgehead atoms. The molecule has 0 unspecified atom stereocenters. The number of rotatable bonds is 7. The molecule has 1 rings (SSSR count). The first-order chi connectivity index (χ1) is 9.95. The summed E-state index contributed by atoms with van der Waals surface area (Å²) >= 11 is 0. The summed E-state index contributed by atoms with van der Waals surface area (Å²) in [7, 11) is 0. The Balaban J connectivity index is 2.82. The Morgan fingerprint density at radius 1 is 1.43 bits per heavy atom. The second kappa shape index (κ2) is 7.68. The number of hydrogen-bond acceptors (Lipinski definition) is 6. The highest BCUT2D eigenvalue weighted by molar-refractivity contribution is 5.99. The molecule has 0 aromatic heterocycles. The fraction of sp³-hybridized carbons (Fsp3) is 0.333. The van der Waals surface area contributed by atoms with E-state index in [2.05, 4.69) is 15.4 Å². The zero-order valence-electron chi connectivity index (χ0n) is 11.4. The number of amides is 2. The summed E-state index contributed by atoms with van der Waals surface area (Å²) in [5.74, 6) is -0.630. The largest absolute Gasteiger partial charge is 0.448 e. The molecular formula is C12H16N4O5. The van der Waals surface area contributed by atoms with Gasteiger partial charge in [-0.05, 0) is 19.1 Å². The molecule has 1 aromatic rings. The Labute approximate surface area is 120 Å². The number of nitro groups is 1. The zero-order valence-corrected chi connectivity index (χ0v) is 11.4. The van der Waals surface area contributed by atoms with Crippen molar-refractivity contribution in [1.29, 1.82) is 0 Å². The van der Waals surface area contributed by atoms with E-state index in [0.29, 0.717) is 12.2 Å². The number of carbonyl (C=O) groups excluding carboxylic acids is 2. The summed E-state index contributed by atoms with van der Waals surface area (Å²) in [6.07, 6.45) is -0.954. The van der Waals surface area contributed by atoms with Gasteiger partial charge in [0.05, 0.1) is 11.5 Å². The van der Waals surface area contributed by atoms with Crippen molar-refractivity contribution in [3.63, 3.8) is 0 Å². The van der Waals surface area contributed by atoms with Crippen LogP contribution >= 0.6 is 0 Å². The summed E-state index contributed by atoms with van der Waals surface area (Å²) in [5.41, 5.74) is 4.99. The number of carbonyl (C=O) groups is 2. The van der Waals surface area contributed by atoms with Gasteiger partial charge in [-0.1, -0.05) is 0 Å². The maximum Gasteiger partial charge on any atom is 0.404 e. The van der Waals surface area contributed by atoms with Gasteiger partial charge in [-0.15, -0.1) is 0 Å². The fourth-order valence-corrected chi connectivity index (χ4v) is 1.60. The third kappa shape index (κ3) is 4.97. The van der Waals surface area contributed by atoms with Crippen molar-refractivity contribution < 1.29 is 19.2 Å². The lowest BCUT2D eigenvalue weighted by atomic mass is 10.1. The monoisotopic (exact) mass is 296 g/mol. The van der Waals surface area contributed by atoms with Crippen LogP contribution in [0.4, 0.5) is 16.2 Å². The van der Waals surface area contributed by atoms with Gasteiger partial charge in [0.25, 0.3) is 11.6 Å². The van der Waals surface area contributed by atoms with Crippen LogP contribution in [0.15, 0.2) is 18.2 Å². The van der Waals surface area contributed by atoms with Crippen LogP contribution in [0.1, 0.15) is 17.3 Å². The van der Waals surface area contributed by atoms with Crippen molar-refractivity contribution in [1.82, 2.24) is 5.32 Å². The normalized spacial score (nSPS) is 9.76. The van der Waals surface area contributed by atoms with Crippen LogP contribution in [0.2, 0.25) is 0 Å². The van der Waals surface area contributed by atoms with Crippen molar-refractivity contribution in [2.45, 2.75) is 6.92 Å². The molecule has 2 amide bonds. The van der Waals surface area contributed by atoms with Crippen molar-refractivity contribution in [3.05, 3.63) is 33.9 Å². The lowest BCUT2D eigenvalue weighted by Crippen LogP contribution is -2.29. The summed E-state index contributed by atoms with van der Waals surface area (Å²) in [6.45, 7) is 2.37. The van der Waals surface area contributed by atoms with Gasteiger partial charge in [0.2, 0.25) is 0 Å². The van der Waals surface area contributed by atoms with E-state index in [9.17, 15) is 19.7 Å². The van der Waals surface area contributed by atoms with Crippen molar-refractivity contribution in [3.8, 4) is 0 Å². The van der Waals surface area contributed by atoms with Crippen molar-refractivity contribution in [2.75, 3.05) is 25.0 Å². The van der Waals surface area contributed by atoms with Crippen LogP contribution in [-0.2, 0) is 4.74 Å². The van der Waals surface area contributed by atoms with Gasteiger partial charge in [-0.3, -0.25) is 14.9 Å². The zero-order chi connectivity index (χ0) is 15.8.